The fourth-order valence-electron chi connectivity index (χ4n) is 4.30. The zero-order chi connectivity index (χ0) is 20.7. The number of carbonyl (C=O) groups excluding carboxylic acids is 1. The van der Waals surface area contributed by atoms with Gasteiger partial charge in [0.2, 0.25) is 0 Å². The Hall–Kier alpha value is -3.05. The molecule has 0 aliphatic heterocycles. The van der Waals surface area contributed by atoms with E-state index in [-0.39, 0.29) is 11.3 Å². The van der Waals surface area contributed by atoms with E-state index in [2.05, 4.69) is 23.2 Å². The highest BCUT2D eigenvalue weighted by molar-refractivity contribution is 7.17. The summed E-state index contributed by atoms with van der Waals surface area (Å²) < 4.78 is 1.46. The van der Waals surface area contributed by atoms with Crippen molar-refractivity contribution in [2.24, 2.45) is 0 Å². The van der Waals surface area contributed by atoms with Gasteiger partial charge in [0.25, 0.3) is 5.56 Å². The van der Waals surface area contributed by atoms with Crippen LogP contribution in [-0.2, 0) is 12.8 Å². The maximum absolute atomic E-state index is 13.4. The largest absolute Gasteiger partial charge is 0.292 e. The molecule has 0 amide bonds. The van der Waals surface area contributed by atoms with Gasteiger partial charge in [0.05, 0.1) is 17.8 Å². The highest BCUT2D eigenvalue weighted by Gasteiger charge is 2.21. The summed E-state index contributed by atoms with van der Waals surface area (Å²) in [5, 5.41) is 2.61. The highest BCUT2D eigenvalue weighted by atomic mass is 32.1. The lowest BCUT2D eigenvalue weighted by molar-refractivity contribution is 0.0932. The highest BCUT2D eigenvalue weighted by Crippen LogP contribution is 2.33. The van der Waals surface area contributed by atoms with Crippen molar-refractivity contribution < 1.29 is 4.79 Å². The number of aromatic nitrogens is 2. The monoisotopic (exact) mass is 414 g/mol. The van der Waals surface area contributed by atoms with Gasteiger partial charge in [-0.25, -0.2) is 4.98 Å². The Labute approximate surface area is 178 Å². The van der Waals surface area contributed by atoms with Crippen molar-refractivity contribution in [3.8, 4) is 11.1 Å². The Morgan fingerprint density at radius 1 is 1.07 bits per heavy atom. The summed E-state index contributed by atoms with van der Waals surface area (Å²) in [7, 11) is 0. The lowest BCUT2D eigenvalue weighted by Crippen LogP contribution is -2.28. The number of Topliss-reactive ketones (excluding diaryl/α,β-unsaturated/α-hetero) is 1. The van der Waals surface area contributed by atoms with E-state index in [1.807, 2.05) is 23.6 Å². The van der Waals surface area contributed by atoms with Crippen LogP contribution in [0.25, 0.3) is 21.3 Å². The van der Waals surface area contributed by atoms with E-state index in [0.29, 0.717) is 15.8 Å². The smallest absolute Gasteiger partial charge is 0.263 e. The molecule has 0 spiro atoms. The molecule has 1 aliphatic rings. The molecule has 4 nitrogen and oxygen atoms in total. The average molecular weight is 415 g/mol. The average Bonchev–Trinajstić information content (AvgIpc) is 3.24. The molecule has 2 aromatic carbocycles. The van der Waals surface area contributed by atoms with Crippen LogP contribution in [0.5, 0.6) is 0 Å². The summed E-state index contributed by atoms with van der Waals surface area (Å²) in [5.74, 6) is -0.0931. The Kier molecular flexibility index (Phi) is 4.83. The van der Waals surface area contributed by atoms with Gasteiger partial charge in [-0.05, 0) is 49.3 Å². The molecule has 5 rings (SSSR count). The molecule has 0 fully saturated rings. The minimum absolute atomic E-state index is 0.0931. The van der Waals surface area contributed by atoms with Gasteiger partial charge < -0.3 is 0 Å². The maximum atomic E-state index is 13.4. The van der Waals surface area contributed by atoms with Crippen LogP contribution in [0.1, 0.15) is 47.3 Å². The first kappa shape index (κ1) is 18.9. The van der Waals surface area contributed by atoms with Crippen molar-refractivity contribution in [2.45, 2.75) is 38.6 Å². The molecule has 1 aliphatic carbocycles. The summed E-state index contributed by atoms with van der Waals surface area (Å²) in [6.07, 6.45) is 6.19. The second kappa shape index (κ2) is 7.65. The molecule has 30 heavy (non-hydrogen) atoms. The quantitative estimate of drug-likeness (QED) is 0.417. The van der Waals surface area contributed by atoms with Gasteiger partial charge >= 0.3 is 0 Å². The third-order valence-electron chi connectivity index (χ3n) is 6.03. The standard InChI is InChI=1S/C25H22N2O2S/c1-16(23(28)18-8-3-2-4-9-18)27-15-26-24-22(25(27)29)21(14-30-24)20-12-11-17-7-5-6-10-19(17)13-20/h2-4,8-9,11-16H,5-7,10H2,1H3. The van der Waals surface area contributed by atoms with Crippen molar-refractivity contribution >= 4 is 27.3 Å². The molecule has 0 radical (unpaired) electrons. The van der Waals surface area contributed by atoms with Crippen molar-refractivity contribution in [1.82, 2.24) is 9.55 Å². The molecule has 0 saturated carbocycles. The van der Waals surface area contributed by atoms with E-state index >= 15 is 0 Å². The number of carbonyl (C=O) groups is 1. The van der Waals surface area contributed by atoms with E-state index < -0.39 is 6.04 Å². The van der Waals surface area contributed by atoms with Crippen LogP contribution in [-0.4, -0.2) is 15.3 Å². The molecule has 150 valence electrons. The Bertz CT molecular complexity index is 1300. The molecule has 4 aromatic rings. The number of thiophene rings is 1. The van der Waals surface area contributed by atoms with Crippen LogP contribution in [0, 0.1) is 0 Å². The molecule has 1 atom stereocenters. The lowest BCUT2D eigenvalue weighted by Gasteiger charge is -2.17. The number of hydrogen-bond acceptors (Lipinski definition) is 4. The molecule has 0 bridgehead atoms. The van der Waals surface area contributed by atoms with Gasteiger partial charge in [-0.15, -0.1) is 11.3 Å². The number of hydrogen-bond donors (Lipinski definition) is 0. The van der Waals surface area contributed by atoms with E-state index in [0.717, 1.165) is 24.0 Å². The van der Waals surface area contributed by atoms with Crippen LogP contribution >= 0.6 is 11.3 Å². The molecule has 0 N–H and O–H groups in total. The van der Waals surface area contributed by atoms with Gasteiger partial charge in [0, 0.05) is 16.5 Å². The molecule has 2 aromatic heterocycles. The number of rotatable bonds is 4. The molecule has 0 saturated heterocycles. The number of fused-ring (bicyclic) bond motifs is 2. The first-order chi connectivity index (χ1) is 14.6. The number of ketones is 1. The minimum atomic E-state index is -0.618. The number of nitrogens with zero attached hydrogens (tertiary/aromatic N) is 2. The van der Waals surface area contributed by atoms with Crippen molar-refractivity contribution in [2.75, 3.05) is 0 Å². The van der Waals surface area contributed by atoms with Crippen molar-refractivity contribution in [3.05, 3.63) is 87.3 Å². The van der Waals surface area contributed by atoms with Gasteiger partial charge in [-0.3, -0.25) is 14.2 Å². The lowest BCUT2D eigenvalue weighted by atomic mass is 9.89. The fraction of sp³-hybridized carbons (Fsp3) is 0.240. The summed E-state index contributed by atoms with van der Waals surface area (Å²) in [5.41, 5.74) is 5.20. The summed E-state index contributed by atoms with van der Waals surface area (Å²) in [4.78, 5) is 31.5. The predicted molar refractivity (Wildman–Crippen MR) is 121 cm³/mol. The SMILES string of the molecule is CC(C(=O)c1ccccc1)n1cnc2scc(-c3ccc4c(c3)CCCC4)c2c1=O. The van der Waals surface area contributed by atoms with E-state index in [1.54, 1.807) is 19.1 Å². The number of benzene rings is 2. The van der Waals surface area contributed by atoms with E-state index in [4.69, 9.17) is 0 Å². The summed E-state index contributed by atoms with van der Waals surface area (Å²) in [6, 6.07) is 15.0. The van der Waals surface area contributed by atoms with Gasteiger partial charge in [0.1, 0.15) is 4.83 Å². The van der Waals surface area contributed by atoms with Gasteiger partial charge in [-0.2, -0.15) is 0 Å². The van der Waals surface area contributed by atoms with Crippen LogP contribution < -0.4 is 5.56 Å². The topological polar surface area (TPSA) is 52.0 Å². The molecule has 5 heteroatoms. The van der Waals surface area contributed by atoms with Crippen molar-refractivity contribution in [1.29, 1.82) is 0 Å². The van der Waals surface area contributed by atoms with Crippen LogP contribution in [0.4, 0.5) is 0 Å². The van der Waals surface area contributed by atoms with Crippen LogP contribution in [0.15, 0.2) is 65.0 Å². The normalized spacial score (nSPS) is 14.4. The number of aryl methyl sites for hydroxylation is 2. The Morgan fingerprint density at radius 3 is 2.63 bits per heavy atom. The molecule has 1 unspecified atom stereocenters. The van der Waals surface area contributed by atoms with Crippen LogP contribution in [0.2, 0.25) is 0 Å². The second-order valence-corrected chi connectivity index (χ2v) is 8.74. The first-order valence-electron chi connectivity index (χ1n) is 10.3. The zero-order valence-corrected chi connectivity index (χ0v) is 17.6. The van der Waals surface area contributed by atoms with E-state index in [1.165, 1.54) is 46.2 Å². The third-order valence-corrected chi connectivity index (χ3v) is 6.92. The van der Waals surface area contributed by atoms with Gasteiger partial charge in [0.15, 0.2) is 5.78 Å². The first-order valence-corrected chi connectivity index (χ1v) is 11.2. The fourth-order valence-corrected chi connectivity index (χ4v) is 5.21. The Balaban J connectivity index is 1.60. The Morgan fingerprint density at radius 2 is 1.83 bits per heavy atom. The zero-order valence-electron chi connectivity index (χ0n) is 16.8. The summed E-state index contributed by atoms with van der Waals surface area (Å²) in [6.45, 7) is 1.76. The summed E-state index contributed by atoms with van der Waals surface area (Å²) >= 11 is 1.48. The predicted octanol–water partition coefficient (Wildman–Crippen LogP) is 5.45. The van der Waals surface area contributed by atoms with E-state index in [9.17, 15) is 9.59 Å². The molecular formula is C25H22N2O2S. The third kappa shape index (κ3) is 3.19. The maximum Gasteiger partial charge on any atom is 0.263 e. The van der Waals surface area contributed by atoms with Crippen molar-refractivity contribution in [3.63, 3.8) is 0 Å². The van der Waals surface area contributed by atoms with Crippen LogP contribution in [0.3, 0.4) is 0 Å². The molecule has 2 heterocycles. The second-order valence-electron chi connectivity index (χ2n) is 7.88. The van der Waals surface area contributed by atoms with Gasteiger partial charge in [-0.1, -0.05) is 48.5 Å². The minimum Gasteiger partial charge on any atom is -0.292 e. The molecular weight excluding hydrogens is 392 g/mol.